The lowest BCUT2D eigenvalue weighted by atomic mass is 9.96. The highest BCUT2D eigenvalue weighted by Crippen LogP contribution is 2.48. The Morgan fingerprint density at radius 3 is 2.30 bits per heavy atom. The van der Waals surface area contributed by atoms with Gasteiger partial charge in [-0.1, -0.05) is 35.0 Å². The van der Waals surface area contributed by atoms with Crippen LogP contribution in [0.2, 0.25) is 0 Å². The molecular formula is C33H36F3N4O7+. The number of halogens is 3. The lowest BCUT2D eigenvalue weighted by Gasteiger charge is -2.38. The summed E-state index contributed by atoms with van der Waals surface area (Å²) < 4.78 is 39.3. The van der Waals surface area contributed by atoms with Crippen molar-refractivity contribution >= 4 is 51.6 Å². The topological polar surface area (TPSA) is 140 Å². The highest BCUT2D eigenvalue weighted by Gasteiger charge is 2.54. The predicted octanol–water partition coefficient (Wildman–Crippen LogP) is 4.97. The van der Waals surface area contributed by atoms with Gasteiger partial charge >= 0.3 is 24.1 Å². The molecule has 2 unspecified atom stereocenters. The molecule has 2 atom stereocenters. The summed E-state index contributed by atoms with van der Waals surface area (Å²) in [5.41, 5.74) is -1.98. The summed E-state index contributed by atoms with van der Waals surface area (Å²) in [6.45, 7) is 6.21. The number of fused-ring (bicyclic) bond motifs is 3. The van der Waals surface area contributed by atoms with Crippen molar-refractivity contribution in [1.82, 2.24) is 9.55 Å². The van der Waals surface area contributed by atoms with E-state index >= 15 is 0 Å². The largest absolute Gasteiger partial charge is 0.481 e. The Hall–Kier alpha value is -4.53. The third-order valence-corrected chi connectivity index (χ3v) is 8.66. The van der Waals surface area contributed by atoms with Gasteiger partial charge in [0.05, 0.1) is 24.8 Å². The molecule has 0 aliphatic carbocycles. The molecule has 47 heavy (non-hydrogen) atoms. The van der Waals surface area contributed by atoms with E-state index < -0.39 is 58.8 Å². The van der Waals surface area contributed by atoms with E-state index in [4.69, 9.17) is 9.83 Å². The normalized spacial score (nSPS) is 19.7. The minimum Gasteiger partial charge on any atom is -0.481 e. The number of carbonyl (C=O) groups is 3. The molecule has 0 amide bonds. The summed E-state index contributed by atoms with van der Waals surface area (Å²) in [6.07, 6.45) is -6.43. The molecule has 1 fully saturated rings. The van der Waals surface area contributed by atoms with Gasteiger partial charge in [0.2, 0.25) is 5.69 Å². The molecular weight excluding hydrogens is 621 g/mol. The molecule has 3 aromatic rings. The van der Waals surface area contributed by atoms with E-state index in [0.29, 0.717) is 62.0 Å². The number of hydrogen-bond acceptors (Lipinski definition) is 8. The number of nitrogens with zero attached hydrogens (tertiary/aromatic N) is 4. The first-order valence-electron chi connectivity index (χ1n) is 15.2. The Morgan fingerprint density at radius 1 is 0.957 bits per heavy atom. The van der Waals surface area contributed by atoms with Gasteiger partial charge in [-0.2, -0.15) is 18.2 Å². The Bertz CT molecular complexity index is 1720. The van der Waals surface area contributed by atoms with E-state index in [1.54, 1.807) is 12.1 Å². The molecule has 1 saturated heterocycles. The highest BCUT2D eigenvalue weighted by molar-refractivity contribution is 6.11. The van der Waals surface area contributed by atoms with Crippen LogP contribution in [0.4, 0.5) is 30.2 Å². The van der Waals surface area contributed by atoms with Crippen molar-refractivity contribution in [2.75, 3.05) is 37.6 Å². The second-order valence-electron chi connectivity index (χ2n) is 12.1. The number of hydrogen-bond donors (Lipinski definition) is 3. The third-order valence-electron chi connectivity index (χ3n) is 8.66. The van der Waals surface area contributed by atoms with Crippen LogP contribution in [-0.2, 0) is 25.4 Å². The summed E-state index contributed by atoms with van der Waals surface area (Å²) in [5.74, 6) is -4.12. The highest BCUT2D eigenvalue weighted by atomic mass is 19.4. The maximum Gasteiger partial charge on any atom is 0.416 e. The van der Waals surface area contributed by atoms with Crippen LogP contribution in [-0.4, -0.2) is 88.3 Å². The van der Waals surface area contributed by atoms with Crippen molar-refractivity contribution in [2.45, 2.75) is 50.9 Å². The Morgan fingerprint density at radius 2 is 1.66 bits per heavy atom. The fraction of sp³-hybridized carbons (Fsp3) is 0.394. The first kappa shape index (κ1) is 33.8. The molecule has 3 aromatic carbocycles. The molecule has 3 N–H and O–H groups in total. The standard InChI is InChI=1S/C33H35F3N4O7/c1-21(2)40(47-29(43)20-32(46,31(44)45)19-28(41)42)27(37-26-11-10-22-6-3-4-9-25(22)30(26)40)12-13-38-14-16-39(17-15-38)24-8-5-7-23(18-24)33(34,35)36/h3-11,18,21,46H,12-17,19-20H2,1-2H3,(H-,41,42,44,45)/p+1. The summed E-state index contributed by atoms with van der Waals surface area (Å²) in [4.78, 5) is 51.7. The maximum atomic E-state index is 13.5. The summed E-state index contributed by atoms with van der Waals surface area (Å²) in [5, 5.41) is 31.0. The lowest BCUT2D eigenvalue weighted by Crippen LogP contribution is -2.60. The van der Waals surface area contributed by atoms with Gasteiger partial charge in [0.15, 0.2) is 5.60 Å². The number of aliphatic hydroxyl groups is 1. The number of carbonyl (C=O) groups excluding carboxylic acids is 1. The van der Waals surface area contributed by atoms with E-state index in [1.807, 2.05) is 49.1 Å². The average Bonchev–Trinajstić information content (AvgIpc) is 3.33. The number of carboxylic acids is 2. The van der Waals surface area contributed by atoms with E-state index in [9.17, 15) is 42.9 Å². The van der Waals surface area contributed by atoms with Crippen molar-refractivity contribution in [3.05, 3.63) is 66.2 Å². The quantitative estimate of drug-likeness (QED) is 0.244. The van der Waals surface area contributed by atoms with E-state index in [2.05, 4.69) is 4.90 Å². The van der Waals surface area contributed by atoms with E-state index in [0.717, 1.165) is 22.9 Å². The number of benzene rings is 3. The van der Waals surface area contributed by atoms with Gasteiger partial charge in [-0.3, -0.25) is 14.5 Å². The SMILES string of the molecule is CC(C)[N+]1(OC(=O)CC(O)(CC(=O)O)C(=O)O)C(CCN2CCN(c3cccc(C(F)(F)F)c3)CC2)=Nc2ccc3ccccc3c21. The van der Waals surface area contributed by atoms with Crippen LogP contribution in [0.3, 0.4) is 0 Å². The van der Waals surface area contributed by atoms with Gasteiger partial charge in [0.25, 0.3) is 5.84 Å². The Kier molecular flexibility index (Phi) is 9.31. The molecule has 11 nitrogen and oxygen atoms in total. The number of amidine groups is 1. The van der Waals surface area contributed by atoms with Gasteiger partial charge in [0, 0.05) is 43.8 Å². The van der Waals surface area contributed by atoms with Crippen molar-refractivity contribution < 1.29 is 47.7 Å². The van der Waals surface area contributed by atoms with E-state index in [-0.39, 0.29) is 0 Å². The number of hydroxylamine groups is 2. The molecule has 0 saturated carbocycles. The number of rotatable bonds is 11. The molecule has 0 aromatic heterocycles. The van der Waals surface area contributed by atoms with Gasteiger partial charge in [0.1, 0.15) is 11.7 Å². The van der Waals surface area contributed by atoms with Crippen LogP contribution in [0.25, 0.3) is 10.8 Å². The van der Waals surface area contributed by atoms with Crippen LogP contribution in [0.1, 0.15) is 38.7 Å². The first-order chi connectivity index (χ1) is 22.1. The smallest absolute Gasteiger partial charge is 0.416 e. The summed E-state index contributed by atoms with van der Waals surface area (Å²) in [7, 11) is 0. The molecule has 250 valence electrons. The van der Waals surface area contributed by atoms with Crippen molar-refractivity contribution in [3.63, 3.8) is 0 Å². The Labute approximate surface area is 268 Å². The van der Waals surface area contributed by atoms with Gasteiger partial charge in [-0.15, -0.1) is 0 Å². The molecule has 0 radical (unpaired) electrons. The van der Waals surface area contributed by atoms with Gasteiger partial charge in [-0.25, -0.2) is 9.59 Å². The van der Waals surface area contributed by atoms with Crippen LogP contribution in [0, 0.1) is 0 Å². The lowest BCUT2D eigenvalue weighted by molar-refractivity contribution is -0.186. The molecule has 2 heterocycles. The zero-order valence-corrected chi connectivity index (χ0v) is 25.9. The number of aliphatic carboxylic acids is 2. The minimum absolute atomic E-state index is 0.316. The predicted molar refractivity (Wildman–Crippen MR) is 168 cm³/mol. The van der Waals surface area contributed by atoms with Crippen molar-refractivity contribution in [1.29, 1.82) is 0 Å². The summed E-state index contributed by atoms with van der Waals surface area (Å²) in [6, 6.07) is 15.9. The van der Waals surface area contributed by atoms with Crippen LogP contribution in [0.15, 0.2) is 65.7 Å². The molecule has 2 aliphatic rings. The minimum atomic E-state index is -4.43. The number of anilines is 1. The molecule has 0 spiro atoms. The molecule has 14 heteroatoms. The zero-order valence-electron chi connectivity index (χ0n) is 25.9. The third kappa shape index (κ3) is 6.80. The monoisotopic (exact) mass is 657 g/mol. The first-order valence-corrected chi connectivity index (χ1v) is 15.2. The number of alkyl halides is 3. The van der Waals surface area contributed by atoms with Crippen molar-refractivity contribution in [2.24, 2.45) is 4.99 Å². The summed E-state index contributed by atoms with van der Waals surface area (Å²) >= 11 is 0. The number of quaternary nitrogens is 1. The van der Waals surface area contributed by atoms with Gasteiger partial charge in [-0.05, 0) is 49.6 Å². The maximum absolute atomic E-state index is 13.5. The zero-order chi connectivity index (χ0) is 34.1. The fourth-order valence-corrected chi connectivity index (χ4v) is 6.27. The Balaban J connectivity index is 1.39. The number of piperazine rings is 1. The van der Waals surface area contributed by atoms with Crippen molar-refractivity contribution in [3.8, 4) is 0 Å². The van der Waals surface area contributed by atoms with Crippen LogP contribution >= 0.6 is 0 Å². The second-order valence-corrected chi connectivity index (χ2v) is 12.1. The fourth-order valence-electron chi connectivity index (χ4n) is 6.27. The van der Waals surface area contributed by atoms with Crippen LogP contribution in [0.5, 0.6) is 0 Å². The second kappa shape index (κ2) is 12.9. The molecule has 2 aliphatic heterocycles. The molecule has 0 bridgehead atoms. The number of aliphatic imine (C=N–C) groups is 1. The molecule has 5 rings (SSSR count). The van der Waals surface area contributed by atoms with Gasteiger partial charge < -0.3 is 20.2 Å². The average molecular weight is 658 g/mol. The van der Waals surface area contributed by atoms with Crippen LogP contribution < -0.4 is 9.55 Å². The number of carboxylic acid groups (broad SMARTS) is 2. The van der Waals surface area contributed by atoms with E-state index in [1.165, 1.54) is 6.07 Å².